The van der Waals surface area contributed by atoms with Crippen molar-refractivity contribution < 1.29 is 4.74 Å². The smallest absolute Gasteiger partial charge is 0.0576 e. The molecule has 0 aromatic heterocycles. The van der Waals surface area contributed by atoms with Crippen LogP contribution < -0.4 is 11.3 Å². The van der Waals surface area contributed by atoms with E-state index in [9.17, 15) is 0 Å². The molecule has 0 aromatic rings. The lowest BCUT2D eigenvalue weighted by atomic mass is 10.0. The number of nitrogens with one attached hydrogen (secondary N) is 1. The zero-order valence-corrected chi connectivity index (χ0v) is 9.43. The van der Waals surface area contributed by atoms with E-state index in [2.05, 4.69) is 5.43 Å². The lowest BCUT2D eigenvalue weighted by Crippen LogP contribution is -2.35. The molecule has 14 heavy (non-hydrogen) atoms. The van der Waals surface area contributed by atoms with Crippen LogP contribution in [0.4, 0.5) is 0 Å². The average Bonchev–Trinajstić information content (AvgIpc) is 2.71. The SMILES string of the molecule is NNC(CCCCl)CCC1CCCO1. The largest absolute Gasteiger partial charge is 0.378 e. The molecule has 4 heteroatoms. The fourth-order valence-corrected chi connectivity index (χ4v) is 2.05. The summed E-state index contributed by atoms with van der Waals surface area (Å²) >= 11 is 5.64. The normalized spacial score (nSPS) is 24.0. The van der Waals surface area contributed by atoms with Gasteiger partial charge in [-0.15, -0.1) is 11.6 Å². The van der Waals surface area contributed by atoms with Gasteiger partial charge in [0.2, 0.25) is 0 Å². The number of hydrazine groups is 1. The first-order chi connectivity index (χ1) is 6.86. The van der Waals surface area contributed by atoms with Crippen LogP contribution in [0.2, 0.25) is 0 Å². The highest BCUT2D eigenvalue weighted by Gasteiger charge is 2.17. The Balaban J connectivity index is 2.06. The van der Waals surface area contributed by atoms with Gasteiger partial charge in [0.25, 0.3) is 0 Å². The van der Waals surface area contributed by atoms with E-state index >= 15 is 0 Å². The van der Waals surface area contributed by atoms with Gasteiger partial charge in [-0.1, -0.05) is 0 Å². The molecule has 1 fully saturated rings. The summed E-state index contributed by atoms with van der Waals surface area (Å²) in [6.45, 7) is 0.938. The van der Waals surface area contributed by atoms with Crippen molar-refractivity contribution >= 4 is 11.6 Å². The van der Waals surface area contributed by atoms with Crippen LogP contribution in [0.5, 0.6) is 0 Å². The van der Waals surface area contributed by atoms with Crippen LogP contribution >= 0.6 is 11.6 Å². The van der Waals surface area contributed by atoms with Crippen molar-refractivity contribution in [3.05, 3.63) is 0 Å². The number of alkyl halides is 1. The Morgan fingerprint density at radius 2 is 2.36 bits per heavy atom. The molecule has 2 unspecified atom stereocenters. The summed E-state index contributed by atoms with van der Waals surface area (Å²) in [6.07, 6.45) is 7.21. The van der Waals surface area contributed by atoms with Crippen molar-refractivity contribution in [3.8, 4) is 0 Å². The topological polar surface area (TPSA) is 47.3 Å². The number of halogens is 1. The maximum absolute atomic E-state index is 5.64. The Hall–Kier alpha value is 0.170. The fraction of sp³-hybridized carbons (Fsp3) is 1.00. The molecule has 0 saturated carbocycles. The van der Waals surface area contributed by atoms with Crippen molar-refractivity contribution in [3.63, 3.8) is 0 Å². The van der Waals surface area contributed by atoms with E-state index in [0.717, 1.165) is 38.2 Å². The summed E-state index contributed by atoms with van der Waals surface area (Å²) in [5.74, 6) is 6.18. The van der Waals surface area contributed by atoms with Crippen LogP contribution in [0.1, 0.15) is 38.5 Å². The summed E-state index contributed by atoms with van der Waals surface area (Å²) in [5.41, 5.74) is 2.85. The van der Waals surface area contributed by atoms with E-state index < -0.39 is 0 Å². The Morgan fingerprint density at radius 3 is 2.93 bits per heavy atom. The summed E-state index contributed by atoms with van der Waals surface area (Å²) in [7, 11) is 0. The first-order valence-corrected chi connectivity index (χ1v) is 6.04. The highest BCUT2D eigenvalue weighted by molar-refractivity contribution is 6.17. The van der Waals surface area contributed by atoms with Crippen LogP contribution in [0.15, 0.2) is 0 Å². The third-order valence-corrected chi connectivity index (χ3v) is 3.05. The molecule has 0 amide bonds. The van der Waals surface area contributed by atoms with E-state index in [0.29, 0.717) is 12.1 Å². The van der Waals surface area contributed by atoms with Crippen LogP contribution in [-0.4, -0.2) is 24.6 Å². The molecule has 0 bridgehead atoms. The minimum atomic E-state index is 0.401. The average molecular weight is 221 g/mol. The van der Waals surface area contributed by atoms with Gasteiger partial charge in [0, 0.05) is 18.5 Å². The monoisotopic (exact) mass is 220 g/mol. The zero-order chi connectivity index (χ0) is 10.2. The molecule has 0 aromatic carbocycles. The number of hydrogen-bond donors (Lipinski definition) is 2. The Kier molecular flexibility index (Phi) is 6.52. The molecule has 0 spiro atoms. The van der Waals surface area contributed by atoms with Gasteiger partial charge >= 0.3 is 0 Å². The maximum Gasteiger partial charge on any atom is 0.0576 e. The second-order valence-electron chi connectivity index (χ2n) is 3.91. The molecule has 1 aliphatic heterocycles. The molecule has 1 saturated heterocycles. The molecule has 0 aliphatic carbocycles. The Bertz CT molecular complexity index is 140. The molecular weight excluding hydrogens is 200 g/mol. The lowest BCUT2D eigenvalue weighted by molar-refractivity contribution is 0.0992. The highest BCUT2D eigenvalue weighted by atomic mass is 35.5. The second-order valence-corrected chi connectivity index (χ2v) is 4.29. The number of hydrogen-bond acceptors (Lipinski definition) is 3. The summed E-state index contributed by atoms with van der Waals surface area (Å²) < 4.78 is 5.56. The van der Waals surface area contributed by atoms with Crippen molar-refractivity contribution in [2.24, 2.45) is 5.84 Å². The van der Waals surface area contributed by atoms with Gasteiger partial charge in [-0.2, -0.15) is 0 Å². The lowest BCUT2D eigenvalue weighted by Gasteiger charge is -2.17. The molecule has 2 atom stereocenters. The molecule has 1 aliphatic rings. The van der Waals surface area contributed by atoms with Gasteiger partial charge in [-0.25, -0.2) is 0 Å². The number of ether oxygens (including phenoxy) is 1. The van der Waals surface area contributed by atoms with Gasteiger partial charge in [0.1, 0.15) is 0 Å². The van der Waals surface area contributed by atoms with E-state index in [1.54, 1.807) is 0 Å². The van der Waals surface area contributed by atoms with E-state index in [4.69, 9.17) is 22.2 Å². The van der Waals surface area contributed by atoms with Crippen molar-refractivity contribution in [1.29, 1.82) is 0 Å². The van der Waals surface area contributed by atoms with Gasteiger partial charge in [-0.05, 0) is 38.5 Å². The second kappa shape index (κ2) is 7.46. The van der Waals surface area contributed by atoms with E-state index in [1.807, 2.05) is 0 Å². The van der Waals surface area contributed by atoms with Gasteiger partial charge in [0.05, 0.1) is 6.10 Å². The number of nitrogens with two attached hydrogens (primary N) is 1. The molecule has 0 radical (unpaired) electrons. The minimum Gasteiger partial charge on any atom is -0.378 e. The van der Waals surface area contributed by atoms with Gasteiger partial charge < -0.3 is 4.74 Å². The summed E-state index contributed by atoms with van der Waals surface area (Å²) in [4.78, 5) is 0. The minimum absolute atomic E-state index is 0.401. The van der Waals surface area contributed by atoms with Crippen LogP contribution in [0, 0.1) is 0 Å². The van der Waals surface area contributed by atoms with Gasteiger partial charge in [-0.3, -0.25) is 11.3 Å². The van der Waals surface area contributed by atoms with Crippen LogP contribution in [0.3, 0.4) is 0 Å². The third kappa shape index (κ3) is 4.60. The third-order valence-electron chi connectivity index (χ3n) is 2.78. The van der Waals surface area contributed by atoms with E-state index in [-0.39, 0.29) is 0 Å². The standard InChI is InChI=1S/C10H21ClN2O/c11-7-1-3-9(13-12)5-6-10-4-2-8-14-10/h9-10,13H,1-8,12H2. The Labute approximate surface area is 91.3 Å². The van der Waals surface area contributed by atoms with Crippen LogP contribution in [0.25, 0.3) is 0 Å². The van der Waals surface area contributed by atoms with Crippen LogP contribution in [-0.2, 0) is 4.74 Å². The predicted octanol–water partition coefficient (Wildman–Crippen LogP) is 1.80. The fourth-order valence-electron chi connectivity index (χ4n) is 1.89. The summed E-state index contributed by atoms with van der Waals surface area (Å²) in [5, 5.41) is 0. The predicted molar refractivity (Wildman–Crippen MR) is 59.3 cm³/mol. The van der Waals surface area contributed by atoms with Crippen molar-refractivity contribution in [1.82, 2.24) is 5.43 Å². The quantitative estimate of drug-likeness (QED) is 0.391. The number of rotatable bonds is 7. The first-order valence-electron chi connectivity index (χ1n) is 5.50. The Morgan fingerprint density at radius 1 is 1.50 bits per heavy atom. The molecule has 3 N–H and O–H groups in total. The molecular formula is C10H21ClN2O. The van der Waals surface area contributed by atoms with Crippen molar-refractivity contribution in [2.75, 3.05) is 12.5 Å². The highest BCUT2D eigenvalue weighted by Crippen LogP contribution is 2.18. The molecule has 3 nitrogen and oxygen atoms in total. The van der Waals surface area contributed by atoms with Gasteiger partial charge in [0.15, 0.2) is 0 Å². The van der Waals surface area contributed by atoms with E-state index in [1.165, 1.54) is 12.8 Å². The first kappa shape index (κ1) is 12.2. The van der Waals surface area contributed by atoms with Crippen molar-refractivity contribution in [2.45, 2.75) is 50.7 Å². The molecule has 1 heterocycles. The summed E-state index contributed by atoms with van der Waals surface area (Å²) in [6, 6.07) is 0.401. The molecule has 84 valence electrons. The zero-order valence-electron chi connectivity index (χ0n) is 8.68. The maximum atomic E-state index is 5.64. The molecule has 1 rings (SSSR count).